The van der Waals surface area contributed by atoms with Crippen LogP contribution in [-0.2, 0) is 9.53 Å². The first-order chi connectivity index (χ1) is 14.5. The highest BCUT2D eigenvalue weighted by atomic mass is 35.5. The lowest BCUT2D eigenvalue weighted by Gasteiger charge is -2.12. The van der Waals surface area contributed by atoms with E-state index in [1.165, 1.54) is 6.08 Å². The van der Waals surface area contributed by atoms with Crippen molar-refractivity contribution >= 4 is 40.8 Å². The summed E-state index contributed by atoms with van der Waals surface area (Å²) in [5, 5.41) is 3.66. The molecule has 0 saturated carbocycles. The van der Waals surface area contributed by atoms with Gasteiger partial charge in [0.15, 0.2) is 5.78 Å². The SMILES string of the molecule is CCOC(=O)C=Cc1ccccc1Nc1ccc(C(=O)c2ccccc2C)c(Cl)c1. The number of benzene rings is 3. The number of esters is 1. The zero-order valence-electron chi connectivity index (χ0n) is 16.8. The number of nitrogens with one attached hydrogen (secondary N) is 1. The minimum absolute atomic E-state index is 0.109. The number of halogens is 1. The average Bonchev–Trinajstić information content (AvgIpc) is 2.73. The Bertz CT molecular complexity index is 1110. The van der Waals surface area contributed by atoms with E-state index in [-0.39, 0.29) is 5.78 Å². The van der Waals surface area contributed by atoms with Crippen LogP contribution >= 0.6 is 11.6 Å². The molecule has 0 aliphatic rings. The molecule has 0 aliphatic heterocycles. The van der Waals surface area contributed by atoms with Crippen molar-refractivity contribution in [3.05, 3.63) is 100 Å². The highest BCUT2D eigenvalue weighted by molar-refractivity contribution is 6.35. The van der Waals surface area contributed by atoms with Crippen molar-refractivity contribution in [1.29, 1.82) is 0 Å². The van der Waals surface area contributed by atoms with Crippen LogP contribution in [0, 0.1) is 6.92 Å². The molecule has 4 nitrogen and oxygen atoms in total. The molecular formula is C25H22ClNO3. The number of hydrogen-bond acceptors (Lipinski definition) is 4. The Morgan fingerprint density at radius 2 is 1.73 bits per heavy atom. The van der Waals surface area contributed by atoms with E-state index in [4.69, 9.17) is 16.3 Å². The van der Waals surface area contributed by atoms with Gasteiger partial charge in [-0.3, -0.25) is 4.79 Å². The monoisotopic (exact) mass is 419 g/mol. The molecule has 0 atom stereocenters. The van der Waals surface area contributed by atoms with E-state index in [1.54, 1.807) is 31.2 Å². The Balaban J connectivity index is 1.83. The fraction of sp³-hybridized carbons (Fsp3) is 0.120. The van der Waals surface area contributed by atoms with E-state index in [2.05, 4.69) is 5.32 Å². The van der Waals surface area contributed by atoms with Gasteiger partial charge in [0.1, 0.15) is 0 Å². The average molecular weight is 420 g/mol. The van der Waals surface area contributed by atoms with Crippen molar-refractivity contribution in [3.63, 3.8) is 0 Å². The molecule has 0 bridgehead atoms. The Morgan fingerprint density at radius 3 is 2.47 bits per heavy atom. The van der Waals surface area contributed by atoms with E-state index in [0.717, 1.165) is 22.5 Å². The summed E-state index contributed by atoms with van der Waals surface area (Å²) in [5.41, 5.74) is 4.34. The molecule has 3 rings (SSSR count). The van der Waals surface area contributed by atoms with Crippen LogP contribution < -0.4 is 5.32 Å². The van der Waals surface area contributed by atoms with Gasteiger partial charge in [-0.15, -0.1) is 0 Å². The van der Waals surface area contributed by atoms with Crippen molar-refractivity contribution in [1.82, 2.24) is 0 Å². The third kappa shape index (κ3) is 5.16. The second kappa shape index (κ2) is 9.90. The smallest absolute Gasteiger partial charge is 0.330 e. The fourth-order valence-electron chi connectivity index (χ4n) is 3.01. The Labute approximate surface area is 181 Å². The van der Waals surface area contributed by atoms with Gasteiger partial charge in [0.2, 0.25) is 0 Å². The van der Waals surface area contributed by atoms with Crippen molar-refractivity contribution in [2.24, 2.45) is 0 Å². The molecule has 0 heterocycles. The molecule has 0 amide bonds. The van der Waals surface area contributed by atoms with Gasteiger partial charge in [-0.1, -0.05) is 54.1 Å². The standard InChI is InChI=1S/C25H22ClNO3/c1-3-30-24(28)15-12-18-9-5-7-11-23(18)27-19-13-14-21(22(26)16-19)25(29)20-10-6-4-8-17(20)2/h4-16,27H,3H2,1-2H3. The molecule has 0 aromatic heterocycles. The quantitative estimate of drug-likeness (QED) is 0.281. The molecule has 30 heavy (non-hydrogen) atoms. The van der Waals surface area contributed by atoms with Crippen LogP contribution in [0.25, 0.3) is 6.08 Å². The third-order valence-electron chi connectivity index (χ3n) is 4.53. The summed E-state index contributed by atoms with van der Waals surface area (Å²) in [6.07, 6.45) is 3.08. The molecule has 1 N–H and O–H groups in total. The second-order valence-electron chi connectivity index (χ2n) is 6.64. The topological polar surface area (TPSA) is 55.4 Å². The predicted octanol–water partition coefficient (Wildman–Crippen LogP) is 6.20. The van der Waals surface area contributed by atoms with Crippen LogP contribution in [0.2, 0.25) is 5.02 Å². The first-order valence-corrected chi connectivity index (χ1v) is 9.98. The lowest BCUT2D eigenvalue weighted by atomic mass is 9.99. The molecule has 0 unspecified atom stereocenters. The molecule has 0 aliphatic carbocycles. The van der Waals surface area contributed by atoms with Crippen LogP contribution in [0.15, 0.2) is 72.8 Å². The maximum atomic E-state index is 12.9. The van der Waals surface area contributed by atoms with E-state index in [9.17, 15) is 9.59 Å². The largest absolute Gasteiger partial charge is 0.463 e. The Morgan fingerprint density at radius 1 is 1.00 bits per heavy atom. The Hall–Kier alpha value is -3.37. The normalized spacial score (nSPS) is 10.8. The molecule has 0 fully saturated rings. The highest BCUT2D eigenvalue weighted by Crippen LogP contribution is 2.28. The summed E-state index contributed by atoms with van der Waals surface area (Å²) in [5.74, 6) is -0.503. The minimum atomic E-state index is -0.394. The van der Waals surface area contributed by atoms with Gasteiger partial charge in [0.05, 0.1) is 11.6 Å². The van der Waals surface area contributed by atoms with Crippen LogP contribution in [0.4, 0.5) is 11.4 Å². The van der Waals surface area contributed by atoms with Gasteiger partial charge in [-0.05, 0) is 55.3 Å². The van der Waals surface area contributed by atoms with Gasteiger partial charge in [-0.25, -0.2) is 4.79 Å². The molecular weight excluding hydrogens is 398 g/mol. The first-order valence-electron chi connectivity index (χ1n) is 9.60. The summed E-state index contributed by atoms with van der Waals surface area (Å²) in [4.78, 5) is 24.5. The summed E-state index contributed by atoms with van der Waals surface area (Å²) >= 11 is 6.43. The third-order valence-corrected chi connectivity index (χ3v) is 4.84. The van der Waals surface area contributed by atoms with Crippen LogP contribution in [-0.4, -0.2) is 18.4 Å². The van der Waals surface area contributed by atoms with Crippen LogP contribution in [0.5, 0.6) is 0 Å². The number of aryl methyl sites for hydroxylation is 1. The summed E-state index contributed by atoms with van der Waals surface area (Å²) < 4.78 is 4.92. The van der Waals surface area contributed by atoms with E-state index in [0.29, 0.717) is 22.8 Å². The number of para-hydroxylation sites is 1. The number of rotatable bonds is 7. The minimum Gasteiger partial charge on any atom is -0.463 e. The first kappa shape index (κ1) is 21.3. The summed E-state index contributed by atoms with van der Waals surface area (Å²) in [6.45, 7) is 3.99. The van der Waals surface area contributed by atoms with Gasteiger partial charge < -0.3 is 10.1 Å². The van der Waals surface area contributed by atoms with Crippen molar-refractivity contribution in [2.75, 3.05) is 11.9 Å². The van der Waals surface area contributed by atoms with Crippen molar-refractivity contribution in [3.8, 4) is 0 Å². The summed E-state index contributed by atoms with van der Waals surface area (Å²) in [6, 6.07) is 20.2. The van der Waals surface area contributed by atoms with Crippen molar-refractivity contribution in [2.45, 2.75) is 13.8 Å². The maximum Gasteiger partial charge on any atom is 0.330 e. The van der Waals surface area contributed by atoms with Gasteiger partial charge in [-0.2, -0.15) is 0 Å². The number of carbonyl (C=O) groups is 2. The van der Waals surface area contributed by atoms with Gasteiger partial charge in [0, 0.05) is 28.6 Å². The number of ketones is 1. The lowest BCUT2D eigenvalue weighted by Crippen LogP contribution is -2.05. The molecule has 0 spiro atoms. The zero-order chi connectivity index (χ0) is 21.5. The number of carbonyl (C=O) groups excluding carboxylic acids is 2. The maximum absolute atomic E-state index is 12.9. The molecule has 3 aromatic rings. The lowest BCUT2D eigenvalue weighted by molar-refractivity contribution is -0.137. The molecule has 0 radical (unpaired) electrons. The Kier molecular flexibility index (Phi) is 7.04. The predicted molar refractivity (Wildman–Crippen MR) is 121 cm³/mol. The second-order valence-corrected chi connectivity index (χ2v) is 7.04. The zero-order valence-corrected chi connectivity index (χ0v) is 17.6. The molecule has 0 saturated heterocycles. The van der Waals surface area contributed by atoms with Gasteiger partial charge >= 0.3 is 5.97 Å². The number of hydrogen-bond donors (Lipinski definition) is 1. The molecule has 152 valence electrons. The van der Waals surface area contributed by atoms with E-state index < -0.39 is 5.97 Å². The fourth-order valence-corrected chi connectivity index (χ4v) is 3.28. The highest BCUT2D eigenvalue weighted by Gasteiger charge is 2.15. The van der Waals surface area contributed by atoms with E-state index >= 15 is 0 Å². The number of ether oxygens (including phenoxy) is 1. The number of anilines is 2. The van der Waals surface area contributed by atoms with Crippen LogP contribution in [0.1, 0.15) is 34.0 Å². The van der Waals surface area contributed by atoms with Crippen molar-refractivity contribution < 1.29 is 14.3 Å². The summed E-state index contributed by atoms with van der Waals surface area (Å²) in [7, 11) is 0. The molecule has 5 heteroatoms. The van der Waals surface area contributed by atoms with E-state index in [1.807, 2.05) is 55.5 Å². The molecule has 3 aromatic carbocycles. The van der Waals surface area contributed by atoms with Crippen LogP contribution in [0.3, 0.4) is 0 Å². The van der Waals surface area contributed by atoms with Gasteiger partial charge in [0.25, 0.3) is 0 Å².